The van der Waals surface area contributed by atoms with E-state index in [4.69, 9.17) is 4.74 Å². The summed E-state index contributed by atoms with van der Waals surface area (Å²) < 4.78 is 7.16. The van der Waals surface area contributed by atoms with Crippen molar-refractivity contribution in [2.45, 2.75) is 32.4 Å². The monoisotopic (exact) mass is 405 g/mol. The highest BCUT2D eigenvalue weighted by atomic mass is 16.5. The second-order valence-electron chi connectivity index (χ2n) is 7.34. The number of ether oxygens (including phenoxy) is 1. The van der Waals surface area contributed by atoms with Gasteiger partial charge in [0.25, 0.3) is 0 Å². The fourth-order valence-corrected chi connectivity index (χ4v) is 3.33. The van der Waals surface area contributed by atoms with Crippen LogP contribution in [0.1, 0.15) is 36.0 Å². The summed E-state index contributed by atoms with van der Waals surface area (Å²) in [5.41, 5.74) is 3.76. The van der Waals surface area contributed by atoms with Crippen LogP contribution in [0.25, 0.3) is 0 Å². The summed E-state index contributed by atoms with van der Waals surface area (Å²) in [5, 5.41) is 11.1. The predicted octanol–water partition coefficient (Wildman–Crippen LogP) is 3.80. The number of nitrogens with one attached hydrogen (secondary N) is 2. The largest absolute Gasteiger partial charge is 0.497 e. The Morgan fingerprint density at radius 3 is 2.60 bits per heavy atom. The Labute approximate surface area is 179 Å². The first kappa shape index (κ1) is 21.4. The Morgan fingerprint density at radius 2 is 1.90 bits per heavy atom. The van der Waals surface area contributed by atoms with Crippen LogP contribution in [0, 0.1) is 0 Å². The Balaban J connectivity index is 1.44. The molecule has 0 radical (unpaired) electrons. The highest BCUT2D eigenvalue weighted by molar-refractivity contribution is 5.79. The number of hydrogen-bond donors (Lipinski definition) is 2. The summed E-state index contributed by atoms with van der Waals surface area (Å²) in [4.78, 5) is 4.34. The Bertz CT molecular complexity index is 919. The number of guanidine groups is 1. The fourth-order valence-electron chi connectivity index (χ4n) is 3.33. The molecule has 6 heteroatoms. The van der Waals surface area contributed by atoms with Crippen LogP contribution in [-0.4, -0.2) is 36.4 Å². The number of nitrogens with zero attached hydrogens (tertiary/aromatic N) is 3. The third-order valence-electron chi connectivity index (χ3n) is 5.13. The lowest BCUT2D eigenvalue weighted by atomic mass is 9.98. The Hall–Kier alpha value is -3.28. The third-order valence-corrected chi connectivity index (χ3v) is 5.13. The average molecular weight is 406 g/mol. The molecule has 0 aliphatic rings. The van der Waals surface area contributed by atoms with Gasteiger partial charge in [0.1, 0.15) is 5.75 Å². The Morgan fingerprint density at radius 1 is 1.10 bits per heavy atom. The SMILES string of the molecule is CN=C(NCCC(C)c1ccc(OC)cc1)NCc1cccc(Cn2cccn2)c1. The summed E-state index contributed by atoms with van der Waals surface area (Å²) in [5.74, 6) is 2.16. The molecule has 3 rings (SSSR count). The zero-order valence-corrected chi connectivity index (χ0v) is 18.0. The molecule has 1 heterocycles. The minimum atomic E-state index is 0.459. The van der Waals surface area contributed by atoms with Crippen molar-refractivity contribution in [2.75, 3.05) is 20.7 Å². The van der Waals surface area contributed by atoms with Gasteiger partial charge in [0, 0.05) is 32.5 Å². The molecule has 0 saturated heterocycles. The van der Waals surface area contributed by atoms with E-state index < -0.39 is 0 Å². The van der Waals surface area contributed by atoms with Crippen LogP contribution in [0.5, 0.6) is 5.75 Å². The fraction of sp³-hybridized carbons (Fsp3) is 0.333. The predicted molar refractivity (Wildman–Crippen MR) is 122 cm³/mol. The molecule has 2 aromatic carbocycles. The molecule has 0 aliphatic heterocycles. The van der Waals surface area contributed by atoms with Gasteiger partial charge in [-0.15, -0.1) is 0 Å². The van der Waals surface area contributed by atoms with Gasteiger partial charge in [0.15, 0.2) is 5.96 Å². The lowest BCUT2D eigenvalue weighted by Crippen LogP contribution is -2.37. The maximum Gasteiger partial charge on any atom is 0.191 e. The van der Waals surface area contributed by atoms with Crippen molar-refractivity contribution < 1.29 is 4.74 Å². The van der Waals surface area contributed by atoms with Crippen LogP contribution in [-0.2, 0) is 13.1 Å². The van der Waals surface area contributed by atoms with Gasteiger partial charge in [-0.2, -0.15) is 5.10 Å². The van der Waals surface area contributed by atoms with Crippen molar-refractivity contribution in [3.05, 3.63) is 83.7 Å². The normalized spacial score (nSPS) is 12.4. The van der Waals surface area contributed by atoms with Gasteiger partial charge in [0.2, 0.25) is 0 Å². The Kier molecular flexibility index (Phi) is 7.89. The van der Waals surface area contributed by atoms with Crippen molar-refractivity contribution in [1.29, 1.82) is 0 Å². The van der Waals surface area contributed by atoms with Crippen LogP contribution < -0.4 is 15.4 Å². The highest BCUT2D eigenvalue weighted by Gasteiger charge is 2.07. The van der Waals surface area contributed by atoms with E-state index in [1.54, 1.807) is 20.4 Å². The van der Waals surface area contributed by atoms with Gasteiger partial charge in [0.05, 0.1) is 13.7 Å². The van der Waals surface area contributed by atoms with Crippen LogP contribution in [0.2, 0.25) is 0 Å². The van der Waals surface area contributed by atoms with Crippen molar-refractivity contribution in [3.8, 4) is 5.75 Å². The van der Waals surface area contributed by atoms with Crippen molar-refractivity contribution in [2.24, 2.45) is 4.99 Å². The maximum absolute atomic E-state index is 5.23. The lowest BCUT2D eigenvalue weighted by molar-refractivity contribution is 0.414. The van der Waals surface area contributed by atoms with Gasteiger partial charge < -0.3 is 15.4 Å². The first-order valence-electron chi connectivity index (χ1n) is 10.3. The van der Waals surface area contributed by atoms with Crippen molar-refractivity contribution in [1.82, 2.24) is 20.4 Å². The molecule has 2 N–H and O–H groups in total. The summed E-state index contributed by atoms with van der Waals surface area (Å²) in [6.45, 7) is 4.59. The lowest BCUT2D eigenvalue weighted by Gasteiger charge is -2.16. The van der Waals surface area contributed by atoms with Crippen LogP contribution in [0.15, 0.2) is 72.0 Å². The van der Waals surface area contributed by atoms with Gasteiger partial charge >= 0.3 is 0 Å². The molecule has 158 valence electrons. The highest BCUT2D eigenvalue weighted by Crippen LogP contribution is 2.21. The molecule has 0 bridgehead atoms. The zero-order valence-electron chi connectivity index (χ0n) is 18.0. The summed E-state index contributed by atoms with van der Waals surface area (Å²) in [6.07, 6.45) is 4.80. The van der Waals surface area contributed by atoms with E-state index in [2.05, 4.69) is 64.0 Å². The molecule has 1 aromatic heterocycles. The number of hydrogen-bond acceptors (Lipinski definition) is 3. The average Bonchev–Trinajstić information content (AvgIpc) is 3.29. The molecule has 0 amide bonds. The molecule has 1 atom stereocenters. The molecule has 3 aromatic rings. The standard InChI is InChI=1S/C24H31N5O/c1-19(22-8-10-23(30-3)11-9-22)12-14-26-24(25-2)27-17-20-6-4-7-21(16-20)18-29-15-5-13-28-29/h4-11,13,15-16,19H,12,14,17-18H2,1-3H3,(H2,25,26,27). The van der Waals surface area contributed by atoms with Crippen molar-refractivity contribution in [3.63, 3.8) is 0 Å². The number of aromatic nitrogens is 2. The number of methoxy groups -OCH3 is 1. The first-order valence-corrected chi connectivity index (χ1v) is 10.3. The first-order chi connectivity index (χ1) is 14.7. The number of aliphatic imine (C=N–C) groups is 1. The topological polar surface area (TPSA) is 63.5 Å². The molecule has 0 aliphatic carbocycles. The number of benzene rings is 2. The molecule has 0 fully saturated rings. The summed E-state index contributed by atoms with van der Waals surface area (Å²) >= 11 is 0. The quantitative estimate of drug-likeness (QED) is 0.420. The maximum atomic E-state index is 5.23. The second-order valence-corrected chi connectivity index (χ2v) is 7.34. The third kappa shape index (κ3) is 6.37. The van der Waals surface area contributed by atoms with Crippen LogP contribution in [0.4, 0.5) is 0 Å². The van der Waals surface area contributed by atoms with E-state index >= 15 is 0 Å². The van der Waals surface area contributed by atoms with E-state index in [1.165, 1.54) is 16.7 Å². The molecular formula is C24H31N5O. The van der Waals surface area contributed by atoms with Crippen LogP contribution in [0.3, 0.4) is 0 Å². The smallest absolute Gasteiger partial charge is 0.191 e. The molecule has 0 saturated carbocycles. The molecular weight excluding hydrogens is 374 g/mol. The van der Waals surface area contributed by atoms with Crippen LogP contribution >= 0.6 is 0 Å². The summed E-state index contributed by atoms with van der Waals surface area (Å²) in [7, 11) is 3.49. The van der Waals surface area contributed by atoms with Gasteiger partial charge in [-0.05, 0) is 47.2 Å². The number of rotatable bonds is 9. The summed E-state index contributed by atoms with van der Waals surface area (Å²) in [6, 6.07) is 18.8. The molecule has 30 heavy (non-hydrogen) atoms. The minimum Gasteiger partial charge on any atom is -0.497 e. The van der Waals surface area contributed by atoms with Gasteiger partial charge in [-0.3, -0.25) is 9.67 Å². The van der Waals surface area contributed by atoms with E-state index in [-0.39, 0.29) is 0 Å². The second kappa shape index (κ2) is 11.0. The van der Waals surface area contributed by atoms with Gasteiger partial charge in [-0.1, -0.05) is 43.3 Å². The zero-order chi connectivity index (χ0) is 21.2. The minimum absolute atomic E-state index is 0.459. The van der Waals surface area contributed by atoms with E-state index in [9.17, 15) is 0 Å². The van der Waals surface area contributed by atoms with Crippen molar-refractivity contribution >= 4 is 5.96 Å². The van der Waals surface area contributed by atoms with Gasteiger partial charge in [-0.25, -0.2) is 0 Å². The van der Waals surface area contributed by atoms with E-state index in [0.717, 1.165) is 37.8 Å². The van der Waals surface area contributed by atoms with E-state index in [1.807, 2.05) is 29.1 Å². The molecule has 6 nitrogen and oxygen atoms in total. The molecule has 1 unspecified atom stereocenters. The van der Waals surface area contributed by atoms with E-state index in [0.29, 0.717) is 5.92 Å². The molecule has 0 spiro atoms.